The fourth-order valence-corrected chi connectivity index (χ4v) is 3.37. The van der Waals surface area contributed by atoms with Crippen molar-refractivity contribution < 1.29 is 14.4 Å². The van der Waals surface area contributed by atoms with Crippen molar-refractivity contribution in [2.75, 3.05) is 13.1 Å². The summed E-state index contributed by atoms with van der Waals surface area (Å²) in [5.41, 5.74) is 13.3. The molecule has 0 aliphatic carbocycles. The number of nitrogens with zero attached hydrogens (tertiary/aromatic N) is 2. The maximum Gasteiger partial charge on any atom is 0.332 e. The Kier molecular flexibility index (Phi) is 8.83. The number of nitrogens with two attached hydrogens (primary N) is 2. The van der Waals surface area contributed by atoms with Crippen molar-refractivity contribution in [1.29, 1.82) is 0 Å². The highest BCUT2D eigenvalue weighted by atomic mass is 31.0. The SMILES string of the molecule is CC(=O)ON=C(N)c1ccc(CNC(=O)[C@@H](N)CCC2CCN(P)CC2)cc1. The zero-order valence-corrected chi connectivity index (χ0v) is 17.4. The summed E-state index contributed by atoms with van der Waals surface area (Å²) in [5, 5.41) is 6.41. The number of nitrogens with one attached hydrogen (secondary N) is 1. The summed E-state index contributed by atoms with van der Waals surface area (Å²) in [6, 6.07) is 6.67. The monoisotopic (exact) mass is 407 g/mol. The molecule has 1 saturated heterocycles. The van der Waals surface area contributed by atoms with E-state index in [9.17, 15) is 9.59 Å². The summed E-state index contributed by atoms with van der Waals surface area (Å²) in [6.07, 6.45) is 4.01. The molecule has 0 bridgehead atoms. The largest absolute Gasteiger partial charge is 0.380 e. The van der Waals surface area contributed by atoms with Crippen LogP contribution >= 0.6 is 9.39 Å². The molecule has 2 rings (SSSR count). The van der Waals surface area contributed by atoms with Gasteiger partial charge in [0, 0.05) is 32.1 Å². The molecule has 1 fully saturated rings. The summed E-state index contributed by atoms with van der Waals surface area (Å²) in [6.45, 7) is 3.81. The number of carbonyl (C=O) groups is 2. The van der Waals surface area contributed by atoms with Crippen molar-refractivity contribution in [3.63, 3.8) is 0 Å². The highest BCUT2D eigenvalue weighted by Crippen LogP contribution is 2.23. The lowest BCUT2D eigenvalue weighted by Crippen LogP contribution is -2.40. The minimum absolute atomic E-state index is 0.111. The number of hydrogen-bond donors (Lipinski definition) is 3. The van der Waals surface area contributed by atoms with Gasteiger partial charge in [0.2, 0.25) is 5.91 Å². The summed E-state index contributed by atoms with van der Waals surface area (Å²) in [5.74, 6) is 0.0968. The van der Waals surface area contributed by atoms with Crippen LogP contribution < -0.4 is 16.8 Å². The molecule has 5 N–H and O–H groups in total. The predicted molar refractivity (Wildman–Crippen MR) is 112 cm³/mol. The molecule has 1 aliphatic heterocycles. The zero-order valence-electron chi connectivity index (χ0n) is 16.3. The molecule has 1 heterocycles. The fraction of sp³-hybridized carbons (Fsp3) is 0.526. The molecule has 1 aliphatic rings. The first-order valence-electron chi connectivity index (χ1n) is 9.48. The molecular weight excluding hydrogens is 377 g/mol. The maximum absolute atomic E-state index is 12.2. The number of rotatable bonds is 8. The van der Waals surface area contributed by atoms with Gasteiger partial charge in [0.05, 0.1) is 6.04 Å². The lowest BCUT2D eigenvalue weighted by molar-refractivity contribution is -0.140. The number of carbonyl (C=O) groups excluding carboxylic acids is 2. The van der Waals surface area contributed by atoms with Crippen molar-refractivity contribution >= 4 is 27.1 Å². The van der Waals surface area contributed by atoms with E-state index in [2.05, 4.69) is 29.4 Å². The second kappa shape index (κ2) is 11.1. The maximum atomic E-state index is 12.2. The summed E-state index contributed by atoms with van der Waals surface area (Å²) in [4.78, 5) is 27.5. The molecule has 0 saturated carbocycles. The molecule has 0 aromatic heterocycles. The Morgan fingerprint density at radius 2 is 1.96 bits per heavy atom. The van der Waals surface area contributed by atoms with E-state index in [4.69, 9.17) is 11.5 Å². The van der Waals surface area contributed by atoms with Crippen LogP contribution in [0.4, 0.5) is 0 Å². The number of piperidine rings is 1. The van der Waals surface area contributed by atoms with Crippen LogP contribution in [0.3, 0.4) is 0 Å². The molecule has 1 unspecified atom stereocenters. The minimum atomic E-state index is -0.534. The lowest BCUT2D eigenvalue weighted by atomic mass is 9.91. The Labute approximate surface area is 168 Å². The Balaban J connectivity index is 1.74. The normalized spacial score (nSPS) is 17.2. The van der Waals surface area contributed by atoms with Crippen molar-refractivity contribution in [3.05, 3.63) is 35.4 Å². The van der Waals surface area contributed by atoms with Gasteiger partial charge >= 0.3 is 5.97 Å². The van der Waals surface area contributed by atoms with Gasteiger partial charge in [-0.25, -0.2) is 4.79 Å². The van der Waals surface area contributed by atoms with E-state index in [0.717, 1.165) is 37.9 Å². The van der Waals surface area contributed by atoms with Crippen LogP contribution in [0, 0.1) is 5.92 Å². The zero-order chi connectivity index (χ0) is 20.5. The van der Waals surface area contributed by atoms with Crippen molar-refractivity contribution in [2.45, 2.75) is 45.2 Å². The first-order chi connectivity index (χ1) is 13.3. The number of hydrogen-bond acceptors (Lipinski definition) is 6. The molecule has 1 aromatic carbocycles. The molecule has 2 atom stereocenters. The van der Waals surface area contributed by atoms with Gasteiger partial charge in [0.15, 0.2) is 5.84 Å². The van der Waals surface area contributed by atoms with E-state index in [-0.39, 0.29) is 11.7 Å². The van der Waals surface area contributed by atoms with Gasteiger partial charge < -0.3 is 21.6 Å². The number of amides is 1. The van der Waals surface area contributed by atoms with Crippen LogP contribution in [-0.4, -0.2) is 41.5 Å². The van der Waals surface area contributed by atoms with Crippen LogP contribution in [0.2, 0.25) is 0 Å². The van der Waals surface area contributed by atoms with E-state index in [1.165, 1.54) is 6.92 Å². The number of amidine groups is 1. The van der Waals surface area contributed by atoms with Gasteiger partial charge in [-0.2, -0.15) is 0 Å². The van der Waals surface area contributed by atoms with Gasteiger partial charge in [-0.05, 0) is 37.2 Å². The van der Waals surface area contributed by atoms with Crippen LogP contribution in [0.25, 0.3) is 0 Å². The topological polar surface area (TPSA) is 123 Å². The smallest absolute Gasteiger partial charge is 0.332 e. The quantitative estimate of drug-likeness (QED) is 0.195. The average Bonchev–Trinajstić information content (AvgIpc) is 2.69. The molecular formula is C19H30N5O3P. The van der Waals surface area contributed by atoms with Crippen molar-refractivity contribution in [1.82, 2.24) is 9.99 Å². The molecule has 154 valence electrons. The third kappa shape index (κ3) is 7.54. The molecule has 1 amide bonds. The first kappa shape index (κ1) is 22.3. The second-order valence-electron chi connectivity index (χ2n) is 7.14. The molecule has 0 radical (unpaired) electrons. The third-order valence-corrected chi connectivity index (χ3v) is 5.38. The second-order valence-corrected chi connectivity index (χ2v) is 7.87. The summed E-state index contributed by atoms with van der Waals surface area (Å²) >= 11 is 0. The van der Waals surface area contributed by atoms with Crippen LogP contribution in [0.5, 0.6) is 0 Å². The Morgan fingerprint density at radius 1 is 1.32 bits per heavy atom. The molecule has 28 heavy (non-hydrogen) atoms. The summed E-state index contributed by atoms with van der Waals surface area (Å²) < 4.78 is 2.25. The average molecular weight is 407 g/mol. The van der Waals surface area contributed by atoms with Crippen molar-refractivity contribution in [3.8, 4) is 0 Å². The van der Waals surface area contributed by atoms with Crippen LogP contribution in [-0.2, 0) is 21.0 Å². The molecule has 8 nitrogen and oxygen atoms in total. The predicted octanol–water partition coefficient (Wildman–Crippen LogP) is 1.10. The van der Waals surface area contributed by atoms with E-state index in [1.54, 1.807) is 12.1 Å². The van der Waals surface area contributed by atoms with Crippen LogP contribution in [0.1, 0.15) is 43.7 Å². The lowest BCUT2D eigenvalue weighted by Gasteiger charge is -2.29. The Bertz CT molecular complexity index is 687. The van der Waals surface area contributed by atoms with E-state index in [0.29, 0.717) is 24.4 Å². The highest BCUT2D eigenvalue weighted by molar-refractivity contribution is 7.13. The van der Waals surface area contributed by atoms with Crippen LogP contribution in [0.15, 0.2) is 29.4 Å². The Morgan fingerprint density at radius 3 is 2.57 bits per heavy atom. The van der Waals surface area contributed by atoms with Gasteiger partial charge in [-0.1, -0.05) is 38.8 Å². The minimum Gasteiger partial charge on any atom is -0.380 e. The van der Waals surface area contributed by atoms with Gasteiger partial charge in [0.1, 0.15) is 0 Å². The molecule has 9 heteroatoms. The fourth-order valence-electron chi connectivity index (χ4n) is 3.07. The number of oxime groups is 1. The Hall–Kier alpha value is -2.02. The summed E-state index contributed by atoms with van der Waals surface area (Å²) in [7, 11) is 2.74. The van der Waals surface area contributed by atoms with E-state index in [1.807, 2.05) is 12.1 Å². The van der Waals surface area contributed by atoms with Gasteiger partial charge in [0.25, 0.3) is 0 Å². The third-order valence-electron chi connectivity index (χ3n) is 4.86. The van der Waals surface area contributed by atoms with Gasteiger partial charge in [-0.3, -0.25) is 9.46 Å². The first-order valence-corrected chi connectivity index (χ1v) is 10.00. The highest BCUT2D eigenvalue weighted by Gasteiger charge is 2.20. The van der Waals surface area contributed by atoms with Crippen molar-refractivity contribution in [2.24, 2.45) is 22.5 Å². The number of benzene rings is 1. The molecule has 1 aromatic rings. The standard InChI is InChI=1S/C19H30N5O3P/c1-13(25)27-23-18(21)16-5-2-15(3-6-16)12-22-19(26)17(20)7-4-14-8-10-24(28)11-9-14/h2-3,5-6,14,17H,4,7-12,20,28H2,1H3,(H2,21,23)(H,22,26)/t17-/m0/s1. The van der Waals surface area contributed by atoms with Gasteiger partial charge in [-0.15, -0.1) is 0 Å². The molecule has 0 spiro atoms. The van der Waals surface area contributed by atoms with E-state index >= 15 is 0 Å². The van der Waals surface area contributed by atoms with E-state index < -0.39 is 12.0 Å².